The predicted octanol–water partition coefficient (Wildman–Crippen LogP) is 2.96. The van der Waals surface area contributed by atoms with Crippen LogP contribution in [0.3, 0.4) is 0 Å². The highest BCUT2D eigenvalue weighted by atomic mass is 16.4. The molecule has 2 rings (SSSR count). The SMILES string of the molecule is Cc1ccc(C(=O)Nc2ccc(C(=O)O)c(C)c2)cc1O. The molecule has 0 fully saturated rings. The Bertz CT molecular complexity index is 722. The summed E-state index contributed by atoms with van der Waals surface area (Å²) in [5, 5.41) is 21.2. The number of rotatable bonds is 3. The van der Waals surface area contributed by atoms with Crippen molar-refractivity contribution in [1.82, 2.24) is 0 Å². The van der Waals surface area contributed by atoms with Gasteiger partial charge in [-0.2, -0.15) is 0 Å². The second-order valence-electron chi connectivity index (χ2n) is 4.79. The van der Waals surface area contributed by atoms with Crippen molar-refractivity contribution in [2.24, 2.45) is 0 Å². The van der Waals surface area contributed by atoms with Gasteiger partial charge in [0.1, 0.15) is 5.75 Å². The van der Waals surface area contributed by atoms with Crippen molar-refractivity contribution < 1.29 is 19.8 Å². The number of carboxylic acids is 1. The molecule has 0 unspecified atom stereocenters. The van der Waals surface area contributed by atoms with Crippen LogP contribution < -0.4 is 5.32 Å². The van der Waals surface area contributed by atoms with E-state index in [1.54, 1.807) is 32.0 Å². The van der Waals surface area contributed by atoms with E-state index in [-0.39, 0.29) is 17.2 Å². The Hall–Kier alpha value is -2.82. The summed E-state index contributed by atoms with van der Waals surface area (Å²) in [6.07, 6.45) is 0. The molecule has 0 bridgehead atoms. The summed E-state index contributed by atoms with van der Waals surface area (Å²) in [5.74, 6) is -1.32. The molecule has 2 aromatic carbocycles. The number of aromatic hydroxyl groups is 1. The monoisotopic (exact) mass is 285 g/mol. The highest BCUT2D eigenvalue weighted by Gasteiger charge is 2.11. The zero-order chi connectivity index (χ0) is 15.6. The van der Waals surface area contributed by atoms with Crippen LogP contribution in [0.25, 0.3) is 0 Å². The predicted molar refractivity (Wildman–Crippen MR) is 78.9 cm³/mol. The number of hydrogen-bond acceptors (Lipinski definition) is 3. The van der Waals surface area contributed by atoms with Crippen molar-refractivity contribution in [2.45, 2.75) is 13.8 Å². The van der Waals surface area contributed by atoms with E-state index < -0.39 is 5.97 Å². The normalized spacial score (nSPS) is 10.2. The number of amides is 1. The highest BCUT2D eigenvalue weighted by Crippen LogP contribution is 2.20. The lowest BCUT2D eigenvalue weighted by atomic mass is 10.1. The number of anilines is 1. The van der Waals surface area contributed by atoms with E-state index in [2.05, 4.69) is 5.32 Å². The maximum Gasteiger partial charge on any atom is 0.335 e. The molecule has 0 saturated carbocycles. The molecule has 0 radical (unpaired) electrons. The summed E-state index contributed by atoms with van der Waals surface area (Å²) in [7, 11) is 0. The van der Waals surface area contributed by atoms with Crippen LogP contribution >= 0.6 is 0 Å². The molecule has 0 aromatic heterocycles. The molecular formula is C16H15NO4. The topological polar surface area (TPSA) is 86.6 Å². The lowest BCUT2D eigenvalue weighted by Gasteiger charge is -2.08. The summed E-state index contributed by atoms with van der Waals surface area (Å²) >= 11 is 0. The van der Waals surface area contributed by atoms with Gasteiger partial charge < -0.3 is 15.5 Å². The van der Waals surface area contributed by atoms with Gasteiger partial charge in [-0.15, -0.1) is 0 Å². The van der Waals surface area contributed by atoms with Crippen molar-refractivity contribution in [1.29, 1.82) is 0 Å². The van der Waals surface area contributed by atoms with E-state index in [0.717, 1.165) is 0 Å². The minimum Gasteiger partial charge on any atom is -0.508 e. The second kappa shape index (κ2) is 5.66. The van der Waals surface area contributed by atoms with E-state index in [1.165, 1.54) is 18.2 Å². The minimum atomic E-state index is -1.01. The van der Waals surface area contributed by atoms with Crippen LogP contribution in [0.1, 0.15) is 31.8 Å². The number of carbonyl (C=O) groups is 2. The molecule has 3 N–H and O–H groups in total. The standard InChI is InChI=1S/C16H15NO4/c1-9-3-4-11(8-14(9)18)15(19)17-12-5-6-13(16(20)21)10(2)7-12/h3-8,18H,1-2H3,(H,17,19)(H,20,21). The number of carbonyl (C=O) groups excluding carboxylic acids is 1. The smallest absolute Gasteiger partial charge is 0.335 e. The van der Waals surface area contributed by atoms with Crippen LogP contribution in [0.5, 0.6) is 5.75 Å². The maximum absolute atomic E-state index is 12.1. The van der Waals surface area contributed by atoms with Gasteiger partial charge in [-0.25, -0.2) is 4.79 Å². The van der Waals surface area contributed by atoms with Crippen LogP contribution in [-0.4, -0.2) is 22.1 Å². The van der Waals surface area contributed by atoms with Gasteiger partial charge in [0.15, 0.2) is 0 Å². The van der Waals surface area contributed by atoms with E-state index in [0.29, 0.717) is 22.4 Å². The van der Waals surface area contributed by atoms with Crippen LogP contribution in [0.4, 0.5) is 5.69 Å². The number of aryl methyl sites for hydroxylation is 2. The third kappa shape index (κ3) is 3.20. The number of nitrogens with one attached hydrogen (secondary N) is 1. The number of benzene rings is 2. The van der Waals surface area contributed by atoms with Crippen molar-refractivity contribution in [3.05, 3.63) is 58.7 Å². The molecule has 0 spiro atoms. The molecule has 0 aliphatic heterocycles. The van der Waals surface area contributed by atoms with Crippen LogP contribution in [0, 0.1) is 13.8 Å². The summed E-state index contributed by atoms with van der Waals surface area (Å²) in [6, 6.07) is 9.23. The highest BCUT2D eigenvalue weighted by molar-refractivity contribution is 6.04. The Morgan fingerprint density at radius 1 is 1.00 bits per heavy atom. The molecule has 2 aromatic rings. The van der Waals surface area contributed by atoms with Crippen LogP contribution in [0.2, 0.25) is 0 Å². The molecule has 1 amide bonds. The average Bonchev–Trinajstić information content (AvgIpc) is 2.41. The largest absolute Gasteiger partial charge is 0.508 e. The Kier molecular flexibility index (Phi) is 3.93. The first kappa shape index (κ1) is 14.6. The fraction of sp³-hybridized carbons (Fsp3) is 0.125. The Balaban J connectivity index is 2.21. The third-order valence-electron chi connectivity index (χ3n) is 3.19. The quantitative estimate of drug-likeness (QED) is 0.809. The first-order chi connectivity index (χ1) is 9.88. The first-order valence-corrected chi connectivity index (χ1v) is 6.33. The fourth-order valence-electron chi connectivity index (χ4n) is 1.94. The van der Waals surface area contributed by atoms with E-state index >= 15 is 0 Å². The molecule has 0 aliphatic carbocycles. The van der Waals surface area contributed by atoms with E-state index in [1.807, 2.05) is 0 Å². The number of carboxylic acid groups (broad SMARTS) is 1. The molecule has 5 heteroatoms. The van der Waals surface area contributed by atoms with E-state index in [4.69, 9.17) is 5.11 Å². The van der Waals surface area contributed by atoms with Crippen molar-refractivity contribution in [2.75, 3.05) is 5.32 Å². The van der Waals surface area contributed by atoms with Crippen molar-refractivity contribution in [3.8, 4) is 5.75 Å². The molecule has 0 heterocycles. The summed E-state index contributed by atoms with van der Waals surface area (Å²) in [5.41, 5.74) is 2.28. The fourth-order valence-corrected chi connectivity index (χ4v) is 1.94. The van der Waals surface area contributed by atoms with Crippen LogP contribution in [0.15, 0.2) is 36.4 Å². The molecule has 5 nitrogen and oxygen atoms in total. The van der Waals surface area contributed by atoms with Gasteiger partial charge in [-0.05, 0) is 55.3 Å². The summed E-state index contributed by atoms with van der Waals surface area (Å²) in [6.45, 7) is 3.40. The van der Waals surface area contributed by atoms with Crippen molar-refractivity contribution in [3.63, 3.8) is 0 Å². The molecule has 0 aliphatic rings. The molecule has 21 heavy (non-hydrogen) atoms. The van der Waals surface area contributed by atoms with Gasteiger partial charge in [0.2, 0.25) is 0 Å². The molecule has 108 valence electrons. The van der Waals surface area contributed by atoms with E-state index in [9.17, 15) is 14.7 Å². The second-order valence-corrected chi connectivity index (χ2v) is 4.79. The van der Waals surface area contributed by atoms with Crippen LogP contribution in [-0.2, 0) is 0 Å². The Morgan fingerprint density at radius 2 is 1.71 bits per heavy atom. The molecule has 0 atom stereocenters. The first-order valence-electron chi connectivity index (χ1n) is 6.33. The number of phenolic OH excluding ortho intramolecular Hbond substituents is 1. The zero-order valence-electron chi connectivity index (χ0n) is 11.7. The number of aromatic carboxylic acids is 1. The Labute approximate surface area is 121 Å². The summed E-state index contributed by atoms with van der Waals surface area (Å²) < 4.78 is 0. The van der Waals surface area contributed by atoms with Gasteiger partial charge in [0.05, 0.1) is 5.56 Å². The van der Waals surface area contributed by atoms with Crippen molar-refractivity contribution >= 4 is 17.6 Å². The average molecular weight is 285 g/mol. The van der Waals surface area contributed by atoms with Gasteiger partial charge in [-0.3, -0.25) is 4.79 Å². The van der Waals surface area contributed by atoms with Gasteiger partial charge >= 0.3 is 5.97 Å². The van der Waals surface area contributed by atoms with Gasteiger partial charge in [0, 0.05) is 11.3 Å². The van der Waals surface area contributed by atoms with Gasteiger partial charge in [-0.1, -0.05) is 6.07 Å². The molecular weight excluding hydrogens is 270 g/mol. The lowest BCUT2D eigenvalue weighted by Crippen LogP contribution is -2.12. The molecule has 0 saturated heterocycles. The number of phenols is 1. The lowest BCUT2D eigenvalue weighted by molar-refractivity contribution is 0.0696. The Morgan fingerprint density at radius 3 is 2.29 bits per heavy atom. The summed E-state index contributed by atoms with van der Waals surface area (Å²) in [4.78, 5) is 23.0. The zero-order valence-corrected chi connectivity index (χ0v) is 11.7. The maximum atomic E-state index is 12.1. The minimum absolute atomic E-state index is 0.0556. The van der Waals surface area contributed by atoms with Gasteiger partial charge in [0.25, 0.3) is 5.91 Å². The number of hydrogen-bond donors (Lipinski definition) is 3. The third-order valence-corrected chi connectivity index (χ3v) is 3.19.